The van der Waals surface area contributed by atoms with Crippen molar-refractivity contribution in [3.05, 3.63) is 112 Å². The van der Waals surface area contributed by atoms with Crippen LogP contribution in [0.5, 0.6) is 0 Å². The predicted octanol–water partition coefficient (Wildman–Crippen LogP) is 5.51. The van der Waals surface area contributed by atoms with Gasteiger partial charge < -0.3 is 25.0 Å². The summed E-state index contributed by atoms with van der Waals surface area (Å²) in [6.45, 7) is 1.84. The summed E-state index contributed by atoms with van der Waals surface area (Å²) in [5.41, 5.74) is 4.52. The number of aromatic nitrogens is 1. The molecule has 1 aromatic heterocycles. The van der Waals surface area contributed by atoms with E-state index in [1.807, 2.05) is 18.2 Å². The van der Waals surface area contributed by atoms with Crippen LogP contribution in [-0.4, -0.2) is 34.3 Å². The quantitative estimate of drug-likeness (QED) is 0.259. The van der Waals surface area contributed by atoms with Gasteiger partial charge in [0.15, 0.2) is 0 Å². The number of fused-ring (bicyclic) bond motifs is 1. The maximum Gasteiger partial charge on any atom is 0.408 e. The Morgan fingerprint density at radius 3 is 2.55 bits per heavy atom. The molecule has 3 aromatic carbocycles. The zero-order chi connectivity index (χ0) is 28.2. The molecular formula is C30H26ClN3O6. The average molecular weight is 560 g/mol. The third kappa shape index (κ3) is 5.69. The molecule has 3 atom stereocenters. The number of carbonyl (C=O) groups is 3. The van der Waals surface area contributed by atoms with E-state index < -0.39 is 30.1 Å². The molecule has 0 aliphatic heterocycles. The summed E-state index contributed by atoms with van der Waals surface area (Å²) in [6, 6.07) is 20.6. The summed E-state index contributed by atoms with van der Waals surface area (Å²) in [5.74, 6) is -2.14. The van der Waals surface area contributed by atoms with Crippen LogP contribution in [0.2, 0.25) is 5.02 Å². The van der Waals surface area contributed by atoms with Gasteiger partial charge >= 0.3 is 12.1 Å². The molecule has 10 heteroatoms. The van der Waals surface area contributed by atoms with Gasteiger partial charge in [-0.05, 0) is 42.7 Å². The van der Waals surface area contributed by atoms with Crippen molar-refractivity contribution in [1.82, 2.24) is 15.8 Å². The lowest BCUT2D eigenvalue weighted by atomic mass is 9.98. The first-order chi connectivity index (χ1) is 19.3. The normalized spacial score (nSPS) is 16.6. The van der Waals surface area contributed by atoms with Gasteiger partial charge in [0.1, 0.15) is 24.0 Å². The number of nitrogens with zero attached hydrogens (tertiary/aromatic N) is 1. The molecular weight excluding hydrogens is 534 g/mol. The highest BCUT2D eigenvalue weighted by molar-refractivity contribution is 6.31. The van der Waals surface area contributed by atoms with Crippen molar-refractivity contribution in [1.29, 1.82) is 0 Å². The van der Waals surface area contributed by atoms with E-state index in [1.165, 1.54) is 6.26 Å². The highest BCUT2D eigenvalue weighted by Crippen LogP contribution is 2.34. The molecule has 0 spiro atoms. The van der Waals surface area contributed by atoms with Crippen LogP contribution in [-0.2, 0) is 22.5 Å². The monoisotopic (exact) mass is 559 g/mol. The average Bonchev–Trinajstić information content (AvgIpc) is 3.56. The summed E-state index contributed by atoms with van der Waals surface area (Å²) in [7, 11) is 0. The highest BCUT2D eigenvalue weighted by Gasteiger charge is 2.38. The topological polar surface area (TPSA) is 131 Å². The molecule has 0 bridgehead atoms. The number of carboxylic acid groups (broad SMARTS) is 1. The number of amides is 2. The Hall–Kier alpha value is -4.63. The van der Waals surface area contributed by atoms with E-state index >= 15 is 0 Å². The second-order valence-electron chi connectivity index (χ2n) is 9.49. The molecule has 204 valence electrons. The number of ether oxygens (including phenoxy) is 1. The van der Waals surface area contributed by atoms with Gasteiger partial charge in [0.25, 0.3) is 5.91 Å². The third-order valence-corrected chi connectivity index (χ3v) is 7.27. The molecule has 1 heterocycles. The molecule has 2 amide bonds. The lowest BCUT2D eigenvalue weighted by molar-refractivity contribution is -0.139. The summed E-state index contributed by atoms with van der Waals surface area (Å²) >= 11 is 6.18. The van der Waals surface area contributed by atoms with Gasteiger partial charge in [-0.2, -0.15) is 0 Å². The summed E-state index contributed by atoms with van der Waals surface area (Å²) in [5, 5.41) is 19.9. The minimum absolute atomic E-state index is 0.105. The van der Waals surface area contributed by atoms with Crippen LogP contribution in [0, 0.1) is 0 Å². The fourth-order valence-corrected chi connectivity index (χ4v) is 5.21. The lowest BCUT2D eigenvalue weighted by Crippen LogP contribution is -2.40. The molecule has 0 fully saturated rings. The summed E-state index contributed by atoms with van der Waals surface area (Å²) in [6.07, 6.45) is 0.711. The zero-order valence-corrected chi connectivity index (χ0v) is 22.2. The molecule has 3 N–H and O–H groups in total. The van der Waals surface area contributed by atoms with E-state index in [0.29, 0.717) is 39.4 Å². The SMILES string of the molecule is CC(OC(=O)NCc1conc1-c1ccc(C(=O)NC2Cc3ccccc3C2C(=O)O)cc1)c1ccccc1Cl. The number of aliphatic carboxylic acids is 1. The van der Waals surface area contributed by atoms with Crippen molar-refractivity contribution in [2.24, 2.45) is 0 Å². The Balaban J connectivity index is 1.20. The molecule has 0 saturated carbocycles. The van der Waals surface area contributed by atoms with Gasteiger partial charge in [-0.1, -0.05) is 71.4 Å². The Bertz CT molecular complexity index is 1550. The number of halogens is 1. The zero-order valence-electron chi connectivity index (χ0n) is 21.5. The molecule has 3 unspecified atom stereocenters. The first-order valence-electron chi connectivity index (χ1n) is 12.7. The molecule has 1 aliphatic carbocycles. The molecule has 0 radical (unpaired) electrons. The molecule has 1 aliphatic rings. The van der Waals surface area contributed by atoms with Crippen LogP contribution >= 0.6 is 11.6 Å². The first-order valence-corrected chi connectivity index (χ1v) is 13.0. The van der Waals surface area contributed by atoms with E-state index in [0.717, 1.165) is 11.1 Å². The van der Waals surface area contributed by atoms with Crippen LogP contribution in [0.4, 0.5) is 4.79 Å². The first kappa shape index (κ1) is 27.0. The smallest absolute Gasteiger partial charge is 0.408 e. The number of hydrogen-bond acceptors (Lipinski definition) is 6. The van der Waals surface area contributed by atoms with E-state index in [-0.39, 0.29) is 12.5 Å². The Kier molecular flexibility index (Phi) is 7.84. The van der Waals surface area contributed by atoms with Crippen molar-refractivity contribution in [2.45, 2.75) is 38.0 Å². The van der Waals surface area contributed by atoms with Gasteiger partial charge in [-0.25, -0.2) is 4.79 Å². The summed E-state index contributed by atoms with van der Waals surface area (Å²) in [4.78, 5) is 37.3. The van der Waals surface area contributed by atoms with Crippen LogP contribution in [0.25, 0.3) is 11.3 Å². The van der Waals surface area contributed by atoms with E-state index in [4.69, 9.17) is 20.9 Å². The predicted molar refractivity (Wildman–Crippen MR) is 147 cm³/mol. The van der Waals surface area contributed by atoms with Gasteiger partial charge in [0, 0.05) is 27.3 Å². The summed E-state index contributed by atoms with van der Waals surface area (Å²) < 4.78 is 10.6. The standard InChI is InChI=1S/C30H26ClN3O6/c1-17(22-7-4-5-9-24(22)31)40-30(38)32-15-21-16-39-34-27(21)18-10-12-19(13-11-18)28(35)33-25-14-20-6-2-3-8-23(20)26(25)29(36)37/h2-13,16-17,25-26H,14-15H2,1H3,(H,32,38)(H,33,35)(H,36,37). The van der Waals surface area contributed by atoms with E-state index in [9.17, 15) is 19.5 Å². The van der Waals surface area contributed by atoms with Crippen LogP contribution < -0.4 is 10.6 Å². The molecule has 4 aromatic rings. The van der Waals surface area contributed by atoms with Crippen molar-refractivity contribution in [3.8, 4) is 11.3 Å². The van der Waals surface area contributed by atoms with Crippen LogP contribution in [0.1, 0.15) is 51.6 Å². The van der Waals surface area contributed by atoms with Crippen molar-refractivity contribution < 1.29 is 28.8 Å². The van der Waals surface area contributed by atoms with E-state index in [2.05, 4.69) is 15.8 Å². The second kappa shape index (κ2) is 11.6. The fraction of sp³-hybridized carbons (Fsp3) is 0.200. The van der Waals surface area contributed by atoms with Crippen molar-refractivity contribution >= 4 is 29.6 Å². The van der Waals surface area contributed by atoms with Gasteiger partial charge in [0.05, 0.1) is 12.6 Å². The number of alkyl carbamates (subject to hydrolysis) is 1. The third-order valence-electron chi connectivity index (χ3n) is 6.93. The number of hydrogen-bond donors (Lipinski definition) is 3. The van der Waals surface area contributed by atoms with Crippen LogP contribution in [0.15, 0.2) is 83.6 Å². The Morgan fingerprint density at radius 1 is 1.07 bits per heavy atom. The fourth-order valence-electron chi connectivity index (χ4n) is 4.92. The minimum atomic E-state index is -0.972. The molecule has 5 rings (SSSR count). The van der Waals surface area contributed by atoms with Crippen molar-refractivity contribution in [2.75, 3.05) is 0 Å². The minimum Gasteiger partial charge on any atom is -0.481 e. The molecule has 0 saturated heterocycles. The van der Waals surface area contributed by atoms with Crippen molar-refractivity contribution in [3.63, 3.8) is 0 Å². The maximum absolute atomic E-state index is 13.0. The van der Waals surface area contributed by atoms with E-state index in [1.54, 1.807) is 61.5 Å². The van der Waals surface area contributed by atoms with Gasteiger partial charge in [-0.15, -0.1) is 0 Å². The van der Waals surface area contributed by atoms with Crippen LogP contribution in [0.3, 0.4) is 0 Å². The number of benzene rings is 3. The van der Waals surface area contributed by atoms with Gasteiger partial charge in [-0.3, -0.25) is 9.59 Å². The number of carbonyl (C=O) groups excluding carboxylic acids is 2. The Morgan fingerprint density at radius 2 is 1.80 bits per heavy atom. The number of nitrogens with one attached hydrogen (secondary N) is 2. The maximum atomic E-state index is 13.0. The molecule has 40 heavy (non-hydrogen) atoms. The Labute approximate surface area is 235 Å². The number of carboxylic acids is 1. The second-order valence-corrected chi connectivity index (χ2v) is 9.89. The highest BCUT2D eigenvalue weighted by atomic mass is 35.5. The largest absolute Gasteiger partial charge is 0.481 e. The molecule has 9 nitrogen and oxygen atoms in total. The van der Waals surface area contributed by atoms with Gasteiger partial charge in [0.2, 0.25) is 0 Å². The lowest BCUT2D eigenvalue weighted by Gasteiger charge is -2.18. The number of rotatable bonds is 8.